The Kier molecular flexibility index (Phi) is 7.77. The molecule has 0 aliphatic heterocycles. The molecule has 3 heteroatoms. The van der Waals surface area contributed by atoms with E-state index in [0.717, 1.165) is 33.6 Å². The SMILES string of the molecule is COc1c(C(C)(C)C)cc(C(=O)C=Cc2cc(C(C)(C)C)c(O)c(C(C)(C)C)c2)cc1C(C)(C)C. The van der Waals surface area contributed by atoms with Gasteiger partial charge in [0.2, 0.25) is 0 Å². The van der Waals surface area contributed by atoms with Crippen LogP contribution in [-0.4, -0.2) is 18.0 Å². The fraction of sp³-hybridized carbons (Fsp3) is 0.531. The van der Waals surface area contributed by atoms with Crippen molar-refractivity contribution in [3.05, 3.63) is 63.7 Å². The minimum atomic E-state index is -0.225. The quantitative estimate of drug-likeness (QED) is 0.354. The van der Waals surface area contributed by atoms with Crippen molar-refractivity contribution in [1.82, 2.24) is 0 Å². The van der Waals surface area contributed by atoms with Gasteiger partial charge >= 0.3 is 0 Å². The Balaban J connectivity index is 2.66. The highest BCUT2D eigenvalue weighted by Gasteiger charge is 2.29. The second-order valence-corrected chi connectivity index (χ2v) is 13.8. The number of rotatable bonds is 4. The maximum atomic E-state index is 13.4. The van der Waals surface area contributed by atoms with Crippen LogP contribution in [0.1, 0.15) is 121 Å². The van der Waals surface area contributed by atoms with Gasteiger partial charge in [-0.1, -0.05) is 89.2 Å². The van der Waals surface area contributed by atoms with Gasteiger partial charge in [-0.15, -0.1) is 0 Å². The standard InChI is InChI=1S/C32H46O3/c1-29(2,3)22-16-20(17-23(27(22)34)30(4,5)6)14-15-26(33)21-18-24(31(7,8)9)28(35-13)25(19-21)32(10,11)12/h14-19,34H,1-13H3. The zero-order valence-corrected chi connectivity index (χ0v) is 24.2. The zero-order chi connectivity index (χ0) is 27.1. The molecular weight excluding hydrogens is 432 g/mol. The van der Waals surface area contributed by atoms with E-state index in [2.05, 4.69) is 83.1 Å². The summed E-state index contributed by atoms with van der Waals surface area (Å²) in [5.74, 6) is 1.15. The topological polar surface area (TPSA) is 46.5 Å². The summed E-state index contributed by atoms with van der Waals surface area (Å²) in [5.41, 5.74) is 4.58. The minimum Gasteiger partial charge on any atom is -0.507 e. The maximum absolute atomic E-state index is 13.4. The van der Waals surface area contributed by atoms with Crippen molar-refractivity contribution in [2.75, 3.05) is 7.11 Å². The third-order valence-electron chi connectivity index (χ3n) is 6.37. The molecule has 0 amide bonds. The number of allylic oxidation sites excluding steroid dienone is 1. The van der Waals surface area contributed by atoms with Gasteiger partial charge in [-0.3, -0.25) is 4.79 Å². The van der Waals surface area contributed by atoms with Gasteiger partial charge < -0.3 is 9.84 Å². The van der Waals surface area contributed by atoms with Crippen LogP contribution in [0, 0.1) is 0 Å². The average Bonchev–Trinajstić information content (AvgIpc) is 2.68. The van der Waals surface area contributed by atoms with Crippen LogP contribution in [0.15, 0.2) is 30.3 Å². The summed E-state index contributed by atoms with van der Waals surface area (Å²) in [5, 5.41) is 11.0. The van der Waals surface area contributed by atoms with Crippen molar-refractivity contribution in [3.8, 4) is 11.5 Å². The highest BCUT2D eigenvalue weighted by molar-refractivity contribution is 6.07. The fourth-order valence-electron chi connectivity index (χ4n) is 4.27. The van der Waals surface area contributed by atoms with Crippen molar-refractivity contribution in [3.63, 3.8) is 0 Å². The van der Waals surface area contributed by atoms with Crippen LogP contribution in [-0.2, 0) is 21.7 Å². The lowest BCUT2D eigenvalue weighted by atomic mass is 9.77. The molecule has 0 atom stereocenters. The van der Waals surface area contributed by atoms with E-state index in [1.54, 1.807) is 13.2 Å². The van der Waals surface area contributed by atoms with E-state index in [-0.39, 0.29) is 27.4 Å². The molecule has 2 aromatic carbocycles. The predicted octanol–water partition coefficient (Wildman–Crippen LogP) is 8.49. The van der Waals surface area contributed by atoms with Crippen molar-refractivity contribution < 1.29 is 14.6 Å². The van der Waals surface area contributed by atoms with Crippen LogP contribution in [0.25, 0.3) is 6.08 Å². The molecule has 0 saturated carbocycles. The first-order valence-electron chi connectivity index (χ1n) is 12.5. The van der Waals surface area contributed by atoms with E-state index in [1.165, 1.54) is 0 Å². The minimum absolute atomic E-state index is 0.0497. The molecular formula is C32H46O3. The Morgan fingerprint density at radius 3 is 1.37 bits per heavy atom. The number of hydrogen-bond donors (Lipinski definition) is 1. The lowest BCUT2D eigenvalue weighted by molar-refractivity contribution is 0.104. The van der Waals surface area contributed by atoms with Gasteiger partial charge in [0.15, 0.2) is 5.78 Å². The predicted molar refractivity (Wildman–Crippen MR) is 149 cm³/mol. The number of ketones is 1. The van der Waals surface area contributed by atoms with Gasteiger partial charge in [-0.25, -0.2) is 0 Å². The van der Waals surface area contributed by atoms with Gasteiger partial charge in [0, 0.05) is 27.8 Å². The number of benzene rings is 2. The van der Waals surface area contributed by atoms with Crippen LogP contribution in [0.4, 0.5) is 0 Å². The van der Waals surface area contributed by atoms with Gasteiger partial charge in [-0.05, 0) is 57.6 Å². The van der Waals surface area contributed by atoms with E-state index in [0.29, 0.717) is 11.3 Å². The Labute approximate surface area is 213 Å². The molecule has 35 heavy (non-hydrogen) atoms. The molecule has 0 saturated heterocycles. The second kappa shape index (κ2) is 9.48. The second-order valence-electron chi connectivity index (χ2n) is 13.8. The Morgan fingerprint density at radius 2 is 1.06 bits per heavy atom. The number of phenolic OH excluding ortho intramolecular Hbond substituents is 1. The Morgan fingerprint density at radius 1 is 0.686 bits per heavy atom. The van der Waals surface area contributed by atoms with Gasteiger partial charge in [-0.2, -0.15) is 0 Å². The summed E-state index contributed by atoms with van der Waals surface area (Å²) in [7, 11) is 1.70. The van der Waals surface area contributed by atoms with E-state index in [4.69, 9.17) is 4.74 Å². The molecule has 1 N–H and O–H groups in total. The summed E-state index contributed by atoms with van der Waals surface area (Å²) in [4.78, 5) is 13.4. The van der Waals surface area contributed by atoms with Crippen molar-refractivity contribution in [2.45, 2.75) is 105 Å². The molecule has 3 nitrogen and oxygen atoms in total. The van der Waals surface area contributed by atoms with E-state index in [9.17, 15) is 9.90 Å². The number of hydrogen-bond acceptors (Lipinski definition) is 3. The molecule has 0 bridgehead atoms. The van der Waals surface area contributed by atoms with Crippen molar-refractivity contribution in [2.24, 2.45) is 0 Å². The molecule has 0 radical (unpaired) electrons. The zero-order valence-electron chi connectivity index (χ0n) is 24.2. The lowest BCUT2D eigenvalue weighted by Crippen LogP contribution is -2.20. The third kappa shape index (κ3) is 6.57. The first-order valence-corrected chi connectivity index (χ1v) is 12.5. The number of ether oxygens (including phenoxy) is 1. The molecule has 0 aliphatic rings. The summed E-state index contributed by atoms with van der Waals surface area (Å²) in [6, 6.07) is 7.92. The molecule has 0 unspecified atom stereocenters. The van der Waals surface area contributed by atoms with Crippen LogP contribution in [0.3, 0.4) is 0 Å². The molecule has 0 spiro atoms. The number of aromatic hydroxyl groups is 1. The smallest absolute Gasteiger partial charge is 0.185 e. The van der Waals surface area contributed by atoms with Crippen molar-refractivity contribution in [1.29, 1.82) is 0 Å². The number of carbonyl (C=O) groups is 1. The van der Waals surface area contributed by atoms with Crippen LogP contribution < -0.4 is 4.74 Å². The molecule has 2 rings (SSSR count). The lowest BCUT2D eigenvalue weighted by Gasteiger charge is -2.29. The number of carbonyl (C=O) groups excluding carboxylic acids is 1. The highest BCUT2D eigenvalue weighted by atomic mass is 16.5. The summed E-state index contributed by atoms with van der Waals surface area (Å²) in [6.07, 6.45) is 3.51. The third-order valence-corrected chi connectivity index (χ3v) is 6.37. The maximum Gasteiger partial charge on any atom is 0.185 e. The summed E-state index contributed by atoms with van der Waals surface area (Å²) < 4.78 is 5.84. The van der Waals surface area contributed by atoms with Crippen molar-refractivity contribution >= 4 is 11.9 Å². The monoisotopic (exact) mass is 478 g/mol. The number of methoxy groups -OCH3 is 1. The first-order chi connectivity index (χ1) is 15.7. The van der Waals surface area contributed by atoms with Gasteiger partial charge in [0.1, 0.15) is 11.5 Å². The van der Waals surface area contributed by atoms with E-state index < -0.39 is 0 Å². The van der Waals surface area contributed by atoms with Crippen LogP contribution >= 0.6 is 0 Å². The molecule has 0 aliphatic carbocycles. The van der Waals surface area contributed by atoms with E-state index in [1.807, 2.05) is 30.3 Å². The number of phenols is 1. The van der Waals surface area contributed by atoms with E-state index >= 15 is 0 Å². The summed E-state index contributed by atoms with van der Waals surface area (Å²) in [6.45, 7) is 25.4. The Hall–Kier alpha value is -2.55. The average molecular weight is 479 g/mol. The Bertz CT molecular complexity index is 1050. The molecule has 0 heterocycles. The molecule has 0 fully saturated rings. The normalized spacial score (nSPS) is 13.4. The molecule has 0 aromatic heterocycles. The summed E-state index contributed by atoms with van der Waals surface area (Å²) >= 11 is 0. The van der Waals surface area contributed by atoms with Crippen LogP contribution in [0.2, 0.25) is 0 Å². The van der Waals surface area contributed by atoms with Gasteiger partial charge in [0.05, 0.1) is 7.11 Å². The molecule has 192 valence electrons. The first kappa shape index (κ1) is 28.7. The largest absolute Gasteiger partial charge is 0.507 e. The fourth-order valence-corrected chi connectivity index (χ4v) is 4.27. The van der Waals surface area contributed by atoms with Gasteiger partial charge in [0.25, 0.3) is 0 Å². The van der Waals surface area contributed by atoms with Crippen LogP contribution in [0.5, 0.6) is 11.5 Å². The molecule has 2 aromatic rings. The highest BCUT2D eigenvalue weighted by Crippen LogP contribution is 2.42.